The molecule has 42 heavy (non-hydrogen) atoms. The molecule has 2 N–H and O–H groups in total. The minimum atomic E-state index is -4.53. The number of halogens is 3. The Morgan fingerprint density at radius 3 is 1.93 bits per heavy atom. The maximum atomic E-state index is 14.6. The molecule has 1 amide bonds. The Labute approximate surface area is 251 Å². The summed E-state index contributed by atoms with van der Waals surface area (Å²) in [4.78, 5) is 25.4. The van der Waals surface area contributed by atoms with E-state index in [-0.39, 0.29) is 17.3 Å². The zero-order valence-electron chi connectivity index (χ0n) is 22.2. The third-order valence-corrected chi connectivity index (χ3v) is 8.70. The van der Waals surface area contributed by atoms with Crippen LogP contribution in [-0.4, -0.2) is 39.0 Å². The van der Waals surface area contributed by atoms with Gasteiger partial charge in [-0.05, 0) is 51.7 Å². The van der Waals surface area contributed by atoms with Crippen molar-refractivity contribution in [1.82, 2.24) is 10.0 Å². The second kappa shape index (κ2) is 14.3. The topological polar surface area (TPSA) is 102 Å². The Hall–Kier alpha value is -3.93. The van der Waals surface area contributed by atoms with Gasteiger partial charge >= 0.3 is 5.97 Å². The van der Waals surface area contributed by atoms with E-state index < -0.39 is 57.1 Å². The first kappa shape index (κ1) is 31.0. The number of nitrogens with one attached hydrogen (secondary N) is 2. The Bertz CT molecular complexity index is 1600. The number of benzene rings is 4. The van der Waals surface area contributed by atoms with Crippen molar-refractivity contribution in [2.45, 2.75) is 29.8 Å². The van der Waals surface area contributed by atoms with Gasteiger partial charge in [0, 0.05) is 22.5 Å². The van der Waals surface area contributed by atoms with E-state index in [1.807, 2.05) is 6.07 Å². The summed E-state index contributed by atoms with van der Waals surface area (Å²) in [6.45, 7) is -0.431. The normalized spacial score (nSPS) is 12.7. The predicted molar refractivity (Wildman–Crippen MR) is 157 cm³/mol. The van der Waals surface area contributed by atoms with Crippen molar-refractivity contribution in [2.75, 3.05) is 6.61 Å². The van der Waals surface area contributed by atoms with E-state index >= 15 is 0 Å². The molecule has 0 saturated carbocycles. The van der Waals surface area contributed by atoms with Crippen molar-refractivity contribution in [2.24, 2.45) is 0 Å². The summed E-state index contributed by atoms with van der Waals surface area (Å²) >= 11 is 2.92. The van der Waals surface area contributed by atoms with Crippen LogP contribution >= 0.6 is 15.9 Å². The average Bonchev–Trinajstić information content (AvgIpc) is 2.96. The highest BCUT2D eigenvalue weighted by molar-refractivity contribution is 9.10. The summed E-state index contributed by atoms with van der Waals surface area (Å²) < 4.78 is 62.2. The monoisotopic (exact) mass is 656 g/mol. The second-order valence-corrected chi connectivity index (χ2v) is 11.9. The number of rotatable bonds is 12. The number of sulfonamides is 1. The summed E-state index contributed by atoms with van der Waals surface area (Å²) in [6.07, 6.45) is 0.217. The highest BCUT2D eigenvalue weighted by Gasteiger charge is 2.29. The Morgan fingerprint density at radius 2 is 1.36 bits per heavy atom. The largest absolute Gasteiger partial charge is 0.462 e. The number of amides is 1. The van der Waals surface area contributed by atoms with Gasteiger partial charge in [0.05, 0.1) is 6.04 Å². The molecule has 4 rings (SSSR count). The fraction of sp³-hybridized carbons (Fsp3) is 0.161. The Balaban J connectivity index is 1.55. The third kappa shape index (κ3) is 8.54. The summed E-state index contributed by atoms with van der Waals surface area (Å²) in [5.74, 6) is -3.49. The van der Waals surface area contributed by atoms with Crippen LogP contribution < -0.4 is 10.0 Å². The molecule has 0 fully saturated rings. The maximum Gasteiger partial charge on any atom is 0.329 e. The average molecular weight is 658 g/mol. The molecule has 0 unspecified atom stereocenters. The highest BCUT2D eigenvalue weighted by Crippen LogP contribution is 2.26. The minimum Gasteiger partial charge on any atom is -0.462 e. The molecule has 0 bridgehead atoms. The number of ether oxygens (including phenoxy) is 1. The van der Waals surface area contributed by atoms with Crippen LogP contribution in [-0.2, 0) is 32.4 Å². The minimum absolute atomic E-state index is 0.0908. The third-order valence-electron chi connectivity index (χ3n) is 6.21. The molecule has 11 heteroatoms. The van der Waals surface area contributed by atoms with Gasteiger partial charge in [-0.25, -0.2) is 26.7 Å². The molecular formula is C31H27BrF2N2O5S. The van der Waals surface area contributed by atoms with E-state index in [0.29, 0.717) is 11.6 Å². The molecule has 0 aliphatic heterocycles. The lowest BCUT2D eigenvalue weighted by molar-refractivity contribution is -0.146. The number of esters is 1. The fourth-order valence-electron chi connectivity index (χ4n) is 4.25. The molecule has 0 aliphatic rings. The van der Waals surface area contributed by atoms with E-state index in [0.717, 1.165) is 17.2 Å². The maximum absolute atomic E-state index is 14.6. The second-order valence-electron chi connectivity index (χ2n) is 9.42. The van der Waals surface area contributed by atoms with Crippen molar-refractivity contribution in [3.05, 3.63) is 136 Å². The van der Waals surface area contributed by atoms with Gasteiger partial charge in [0.25, 0.3) is 5.91 Å². The molecule has 2 atom stereocenters. The van der Waals surface area contributed by atoms with Crippen LogP contribution in [0.25, 0.3) is 0 Å². The zero-order chi connectivity index (χ0) is 30.1. The highest BCUT2D eigenvalue weighted by atomic mass is 79.9. The van der Waals surface area contributed by atoms with Crippen LogP contribution in [0.5, 0.6) is 0 Å². The molecule has 7 nitrogen and oxygen atoms in total. The quantitative estimate of drug-likeness (QED) is 0.204. The smallest absolute Gasteiger partial charge is 0.329 e. The summed E-state index contributed by atoms with van der Waals surface area (Å²) in [5.41, 5.74) is 1.84. The van der Waals surface area contributed by atoms with Crippen molar-refractivity contribution in [3.63, 3.8) is 0 Å². The van der Waals surface area contributed by atoms with Crippen molar-refractivity contribution in [3.8, 4) is 0 Å². The van der Waals surface area contributed by atoms with Crippen molar-refractivity contribution in [1.29, 1.82) is 0 Å². The van der Waals surface area contributed by atoms with E-state index in [9.17, 15) is 26.8 Å². The molecule has 0 radical (unpaired) electrons. The predicted octanol–water partition coefficient (Wildman–Crippen LogP) is 5.20. The molecule has 4 aromatic carbocycles. The van der Waals surface area contributed by atoms with E-state index in [1.54, 1.807) is 84.9 Å². The lowest BCUT2D eigenvalue weighted by atomic mass is 10.1. The van der Waals surface area contributed by atoms with Gasteiger partial charge < -0.3 is 10.1 Å². The van der Waals surface area contributed by atoms with Gasteiger partial charge in [-0.1, -0.05) is 78.9 Å². The molecule has 4 aromatic rings. The van der Waals surface area contributed by atoms with Gasteiger partial charge in [-0.15, -0.1) is 0 Å². The van der Waals surface area contributed by atoms with Crippen LogP contribution in [0.2, 0.25) is 0 Å². The number of hydrogen-bond acceptors (Lipinski definition) is 5. The van der Waals surface area contributed by atoms with Crippen LogP contribution in [0.1, 0.15) is 21.5 Å². The van der Waals surface area contributed by atoms with Gasteiger partial charge in [0.2, 0.25) is 10.0 Å². The van der Waals surface area contributed by atoms with Gasteiger partial charge in [0.1, 0.15) is 29.2 Å². The summed E-state index contributed by atoms with van der Waals surface area (Å²) in [5, 5.41) is 2.71. The van der Waals surface area contributed by atoms with Crippen molar-refractivity contribution < 1.29 is 31.5 Å². The van der Waals surface area contributed by atoms with Gasteiger partial charge in [-0.3, -0.25) is 4.79 Å². The summed E-state index contributed by atoms with van der Waals surface area (Å²) in [7, 11) is -4.53. The first-order chi connectivity index (χ1) is 20.1. The van der Waals surface area contributed by atoms with Crippen molar-refractivity contribution >= 4 is 37.8 Å². The van der Waals surface area contributed by atoms with Crippen LogP contribution in [0.4, 0.5) is 8.78 Å². The first-order valence-electron chi connectivity index (χ1n) is 12.9. The lowest BCUT2D eigenvalue weighted by Gasteiger charge is -2.22. The summed E-state index contributed by atoms with van der Waals surface area (Å²) in [6, 6.07) is 25.4. The van der Waals surface area contributed by atoms with E-state index in [1.165, 1.54) is 0 Å². The molecule has 218 valence electrons. The van der Waals surface area contributed by atoms with Crippen LogP contribution in [0.15, 0.2) is 112 Å². The molecule has 0 aromatic heterocycles. The van der Waals surface area contributed by atoms with Crippen LogP contribution in [0.3, 0.4) is 0 Å². The molecule has 0 heterocycles. The SMILES string of the molecule is O=C(N[C@@H](Cc1ccccc1)C(=O)OC[C@@H](Cc1ccccc1)NS(=O)(=O)c1c(F)cc(F)cc1Br)c1ccccc1. The fourth-order valence-corrected chi connectivity index (χ4v) is 6.64. The Kier molecular flexibility index (Phi) is 10.6. The van der Waals surface area contributed by atoms with Gasteiger partial charge in [-0.2, -0.15) is 0 Å². The van der Waals surface area contributed by atoms with Gasteiger partial charge in [0.15, 0.2) is 0 Å². The number of carbonyl (C=O) groups excluding carboxylic acids is 2. The molecular weight excluding hydrogens is 630 g/mol. The molecule has 0 saturated heterocycles. The lowest BCUT2D eigenvalue weighted by Crippen LogP contribution is -2.46. The molecule has 0 aliphatic carbocycles. The van der Waals surface area contributed by atoms with E-state index in [2.05, 4.69) is 26.0 Å². The number of carbonyl (C=O) groups is 2. The zero-order valence-corrected chi connectivity index (χ0v) is 24.6. The Morgan fingerprint density at radius 1 is 0.810 bits per heavy atom. The van der Waals surface area contributed by atoms with E-state index in [4.69, 9.17) is 4.74 Å². The van der Waals surface area contributed by atoms with Crippen LogP contribution in [0, 0.1) is 11.6 Å². The number of hydrogen-bond donors (Lipinski definition) is 2. The standard InChI is InChI=1S/C31H27BrF2N2O5S/c32-26-18-24(33)19-27(34)29(26)42(39,40)36-25(16-21-10-4-1-5-11-21)20-41-31(38)28(17-22-12-6-2-7-13-22)35-30(37)23-14-8-3-9-15-23/h1-15,18-19,25,28,36H,16-17,20H2,(H,35,37)/t25-,28+/m1/s1. The molecule has 0 spiro atoms. The first-order valence-corrected chi connectivity index (χ1v) is 15.2.